The first-order valence-corrected chi connectivity index (χ1v) is 6.20. The molecular formula is C13H11N3S. The fraction of sp³-hybridized carbons (Fsp3) is 0.154. The lowest BCUT2D eigenvalue weighted by Gasteiger charge is -1.95. The maximum Gasteiger partial charge on any atom is 0.124 e. The SMILES string of the molecule is Cc1ncc(C)c2sc(-c3ccncc3)nc12. The van der Waals surface area contributed by atoms with Gasteiger partial charge < -0.3 is 0 Å². The number of nitrogens with zero attached hydrogens (tertiary/aromatic N) is 3. The van der Waals surface area contributed by atoms with E-state index >= 15 is 0 Å². The minimum absolute atomic E-state index is 0.988. The van der Waals surface area contributed by atoms with Crippen LogP contribution in [0.3, 0.4) is 0 Å². The van der Waals surface area contributed by atoms with E-state index in [1.165, 1.54) is 10.3 Å². The Bertz CT molecular complexity index is 635. The Morgan fingerprint density at radius 1 is 1.12 bits per heavy atom. The topological polar surface area (TPSA) is 38.7 Å². The summed E-state index contributed by atoms with van der Waals surface area (Å²) < 4.78 is 1.23. The van der Waals surface area contributed by atoms with Crippen molar-refractivity contribution in [1.29, 1.82) is 0 Å². The smallest absolute Gasteiger partial charge is 0.124 e. The highest BCUT2D eigenvalue weighted by molar-refractivity contribution is 7.21. The van der Waals surface area contributed by atoms with Crippen LogP contribution in [-0.2, 0) is 0 Å². The van der Waals surface area contributed by atoms with Gasteiger partial charge in [-0.2, -0.15) is 0 Å². The van der Waals surface area contributed by atoms with E-state index in [-0.39, 0.29) is 0 Å². The van der Waals surface area contributed by atoms with Gasteiger partial charge in [0.1, 0.15) is 10.5 Å². The molecule has 0 N–H and O–H groups in total. The molecular weight excluding hydrogens is 230 g/mol. The predicted octanol–water partition coefficient (Wildman–Crippen LogP) is 3.37. The molecule has 0 aliphatic carbocycles. The van der Waals surface area contributed by atoms with Gasteiger partial charge in [0.15, 0.2) is 0 Å². The molecule has 0 unspecified atom stereocenters. The molecule has 0 fully saturated rings. The zero-order valence-corrected chi connectivity index (χ0v) is 10.5. The molecule has 0 atom stereocenters. The summed E-state index contributed by atoms with van der Waals surface area (Å²) in [6, 6.07) is 3.96. The predicted molar refractivity (Wildman–Crippen MR) is 70.1 cm³/mol. The number of fused-ring (bicyclic) bond motifs is 1. The van der Waals surface area contributed by atoms with Gasteiger partial charge in [0.05, 0.1) is 10.4 Å². The zero-order valence-electron chi connectivity index (χ0n) is 9.64. The Kier molecular flexibility index (Phi) is 2.37. The van der Waals surface area contributed by atoms with Gasteiger partial charge in [-0.1, -0.05) is 0 Å². The summed E-state index contributed by atoms with van der Waals surface area (Å²) in [4.78, 5) is 13.0. The van der Waals surface area contributed by atoms with Crippen molar-refractivity contribution in [2.24, 2.45) is 0 Å². The van der Waals surface area contributed by atoms with Crippen LogP contribution in [-0.4, -0.2) is 15.0 Å². The van der Waals surface area contributed by atoms with E-state index in [0.717, 1.165) is 21.8 Å². The zero-order chi connectivity index (χ0) is 11.8. The highest BCUT2D eigenvalue weighted by Crippen LogP contribution is 2.32. The van der Waals surface area contributed by atoms with E-state index in [4.69, 9.17) is 0 Å². The first-order valence-electron chi connectivity index (χ1n) is 5.39. The van der Waals surface area contributed by atoms with Crippen LogP contribution in [0.25, 0.3) is 20.8 Å². The lowest BCUT2D eigenvalue weighted by atomic mass is 10.2. The van der Waals surface area contributed by atoms with Gasteiger partial charge in [0, 0.05) is 24.2 Å². The second-order valence-electron chi connectivity index (χ2n) is 3.96. The Balaban J connectivity index is 2.27. The Labute approximate surface area is 103 Å². The second-order valence-corrected chi connectivity index (χ2v) is 4.96. The first kappa shape index (κ1) is 10.4. The van der Waals surface area contributed by atoms with Crippen LogP contribution in [0.15, 0.2) is 30.7 Å². The van der Waals surface area contributed by atoms with Gasteiger partial charge in [-0.3, -0.25) is 9.97 Å². The van der Waals surface area contributed by atoms with E-state index in [2.05, 4.69) is 21.9 Å². The molecule has 0 aromatic carbocycles. The van der Waals surface area contributed by atoms with E-state index in [1.54, 1.807) is 23.7 Å². The number of aryl methyl sites for hydroxylation is 2. The lowest BCUT2D eigenvalue weighted by molar-refractivity contribution is 1.19. The molecule has 0 aliphatic heterocycles. The van der Waals surface area contributed by atoms with Crippen molar-refractivity contribution < 1.29 is 0 Å². The fourth-order valence-electron chi connectivity index (χ4n) is 1.76. The van der Waals surface area contributed by atoms with Crippen molar-refractivity contribution in [2.75, 3.05) is 0 Å². The van der Waals surface area contributed by atoms with Gasteiger partial charge in [-0.15, -0.1) is 11.3 Å². The summed E-state index contributed by atoms with van der Waals surface area (Å²) >= 11 is 1.71. The van der Waals surface area contributed by atoms with E-state index in [0.29, 0.717) is 0 Å². The van der Waals surface area contributed by atoms with Crippen molar-refractivity contribution in [3.8, 4) is 10.6 Å². The molecule has 0 saturated carbocycles. The molecule has 0 radical (unpaired) electrons. The Morgan fingerprint density at radius 3 is 2.59 bits per heavy atom. The second kappa shape index (κ2) is 3.89. The van der Waals surface area contributed by atoms with Crippen molar-refractivity contribution >= 4 is 21.6 Å². The van der Waals surface area contributed by atoms with E-state index in [1.807, 2.05) is 25.3 Å². The van der Waals surface area contributed by atoms with Gasteiger partial charge in [0.25, 0.3) is 0 Å². The number of thiazole rings is 1. The van der Waals surface area contributed by atoms with Crippen LogP contribution >= 0.6 is 11.3 Å². The minimum Gasteiger partial charge on any atom is -0.265 e. The molecule has 4 heteroatoms. The average Bonchev–Trinajstić information content (AvgIpc) is 2.81. The average molecular weight is 241 g/mol. The number of rotatable bonds is 1. The highest BCUT2D eigenvalue weighted by Gasteiger charge is 2.10. The van der Waals surface area contributed by atoms with Crippen molar-refractivity contribution in [1.82, 2.24) is 15.0 Å². The lowest BCUT2D eigenvalue weighted by Crippen LogP contribution is -1.84. The molecule has 0 saturated heterocycles. The number of pyridine rings is 2. The van der Waals surface area contributed by atoms with Gasteiger partial charge in [-0.25, -0.2) is 4.98 Å². The Morgan fingerprint density at radius 2 is 1.88 bits per heavy atom. The maximum atomic E-state index is 4.67. The molecule has 3 rings (SSSR count). The highest BCUT2D eigenvalue weighted by atomic mass is 32.1. The molecule has 17 heavy (non-hydrogen) atoms. The van der Waals surface area contributed by atoms with Gasteiger partial charge in [0.2, 0.25) is 0 Å². The largest absolute Gasteiger partial charge is 0.265 e. The quantitative estimate of drug-likeness (QED) is 0.655. The third kappa shape index (κ3) is 1.70. The van der Waals surface area contributed by atoms with E-state index < -0.39 is 0 Å². The van der Waals surface area contributed by atoms with Gasteiger partial charge in [-0.05, 0) is 31.5 Å². The summed E-state index contributed by atoms with van der Waals surface area (Å²) in [5.74, 6) is 0. The minimum atomic E-state index is 0.988. The van der Waals surface area contributed by atoms with Crippen molar-refractivity contribution in [3.05, 3.63) is 42.0 Å². The number of hydrogen-bond acceptors (Lipinski definition) is 4. The normalized spacial score (nSPS) is 10.9. The standard InChI is InChI=1S/C13H11N3S/c1-8-7-15-9(2)11-12(8)17-13(16-11)10-3-5-14-6-4-10/h3-7H,1-2H3. The van der Waals surface area contributed by atoms with Crippen molar-refractivity contribution in [2.45, 2.75) is 13.8 Å². The monoisotopic (exact) mass is 241 g/mol. The molecule has 0 bridgehead atoms. The summed E-state index contributed by atoms with van der Waals surface area (Å²) in [5, 5.41) is 1.03. The Hall–Kier alpha value is -1.81. The van der Waals surface area contributed by atoms with Crippen LogP contribution in [0.5, 0.6) is 0 Å². The molecule has 3 heterocycles. The molecule has 84 valence electrons. The first-order chi connectivity index (χ1) is 8.25. The summed E-state index contributed by atoms with van der Waals surface area (Å²) in [5.41, 5.74) is 4.30. The van der Waals surface area contributed by atoms with Gasteiger partial charge >= 0.3 is 0 Å². The molecule has 0 amide bonds. The molecule has 3 nitrogen and oxygen atoms in total. The maximum absolute atomic E-state index is 4.67. The summed E-state index contributed by atoms with van der Waals surface area (Å²) in [7, 11) is 0. The molecule has 0 aliphatic rings. The fourth-order valence-corrected chi connectivity index (χ4v) is 2.85. The van der Waals surface area contributed by atoms with Crippen LogP contribution < -0.4 is 0 Å². The van der Waals surface area contributed by atoms with Crippen LogP contribution in [0.2, 0.25) is 0 Å². The van der Waals surface area contributed by atoms with Crippen LogP contribution in [0, 0.1) is 13.8 Å². The van der Waals surface area contributed by atoms with Crippen molar-refractivity contribution in [3.63, 3.8) is 0 Å². The summed E-state index contributed by atoms with van der Waals surface area (Å²) in [6.45, 7) is 4.07. The molecule has 0 spiro atoms. The van der Waals surface area contributed by atoms with Crippen LogP contribution in [0.1, 0.15) is 11.3 Å². The molecule has 3 aromatic heterocycles. The molecule has 3 aromatic rings. The third-order valence-electron chi connectivity index (χ3n) is 2.71. The van der Waals surface area contributed by atoms with E-state index in [9.17, 15) is 0 Å². The number of aromatic nitrogens is 3. The van der Waals surface area contributed by atoms with Crippen LogP contribution in [0.4, 0.5) is 0 Å². The number of hydrogen-bond donors (Lipinski definition) is 0. The summed E-state index contributed by atoms with van der Waals surface area (Å²) in [6.07, 6.45) is 5.49. The third-order valence-corrected chi connectivity index (χ3v) is 3.95.